The summed E-state index contributed by atoms with van der Waals surface area (Å²) >= 11 is 11.0. The Morgan fingerprint density at radius 2 is 2.15 bits per heavy atom. The van der Waals surface area contributed by atoms with Crippen molar-refractivity contribution in [1.82, 2.24) is 4.98 Å². The zero-order valence-corrected chi connectivity index (χ0v) is 7.54. The lowest BCUT2D eigenvalue weighted by atomic mass is 10.3. The molecular weight excluding hydrogens is 219 g/mol. The van der Waals surface area contributed by atoms with Gasteiger partial charge in [0.2, 0.25) is 0 Å². The van der Waals surface area contributed by atoms with E-state index in [1.165, 1.54) is 12.1 Å². The molecule has 0 bridgehead atoms. The number of rotatable bonds is 2. The molecule has 0 radical (unpaired) electrons. The Morgan fingerprint density at radius 1 is 1.46 bits per heavy atom. The van der Waals surface area contributed by atoms with Crippen LogP contribution in [-0.4, -0.2) is 11.0 Å². The molecule has 1 aromatic heterocycles. The normalized spacial score (nSPS) is 9.38. The fraction of sp³-hybridized carbons (Fsp3) is 0. The molecule has 5 nitrogen and oxygen atoms in total. The molecule has 0 spiro atoms. The number of halogens is 2. The van der Waals surface area contributed by atoms with Gasteiger partial charge in [0, 0.05) is 0 Å². The number of carbonyl (C=O) groups is 1. The molecule has 13 heavy (non-hydrogen) atoms. The predicted molar refractivity (Wildman–Crippen MR) is 45.5 cm³/mol. The maximum Gasteiger partial charge on any atom is 0.372 e. The molecule has 0 unspecified atom stereocenters. The second kappa shape index (κ2) is 4.15. The van der Waals surface area contributed by atoms with E-state index in [0.29, 0.717) is 0 Å². The standard InChI is InChI=1S/C6H2Cl2N2O3/c7-4-2-1-3(5(8)9-4)6(11)13-10-12/h1-2H. The number of nitrogens with zero attached hydrogens (tertiary/aromatic N) is 2. The van der Waals surface area contributed by atoms with Gasteiger partial charge in [0.1, 0.15) is 10.3 Å². The van der Waals surface area contributed by atoms with Gasteiger partial charge in [-0.05, 0) is 12.1 Å². The van der Waals surface area contributed by atoms with Gasteiger partial charge >= 0.3 is 5.97 Å². The maximum absolute atomic E-state index is 10.9. The van der Waals surface area contributed by atoms with Crippen molar-refractivity contribution in [1.29, 1.82) is 0 Å². The molecule has 0 aliphatic heterocycles. The highest BCUT2D eigenvalue weighted by atomic mass is 35.5. The topological polar surface area (TPSA) is 68.6 Å². The largest absolute Gasteiger partial charge is 0.372 e. The molecule has 0 aromatic carbocycles. The van der Waals surface area contributed by atoms with Crippen molar-refractivity contribution in [2.24, 2.45) is 5.34 Å². The summed E-state index contributed by atoms with van der Waals surface area (Å²) in [5, 5.41) is 1.96. The number of hydrogen-bond donors (Lipinski definition) is 0. The van der Waals surface area contributed by atoms with Crippen molar-refractivity contribution in [3.8, 4) is 0 Å². The average Bonchev–Trinajstić information content (AvgIpc) is 2.04. The molecule has 0 aliphatic carbocycles. The van der Waals surface area contributed by atoms with E-state index in [1.807, 2.05) is 5.34 Å². The number of aromatic nitrogens is 1. The zero-order chi connectivity index (χ0) is 9.84. The van der Waals surface area contributed by atoms with Gasteiger partial charge in [0.15, 0.2) is 5.34 Å². The first-order valence-corrected chi connectivity index (χ1v) is 3.77. The monoisotopic (exact) mass is 220 g/mol. The summed E-state index contributed by atoms with van der Waals surface area (Å²) in [6, 6.07) is 2.63. The Kier molecular flexibility index (Phi) is 3.16. The lowest BCUT2D eigenvalue weighted by Gasteiger charge is -1.97. The Hall–Kier alpha value is -1.20. The first kappa shape index (κ1) is 9.88. The van der Waals surface area contributed by atoms with Gasteiger partial charge in [-0.3, -0.25) is 4.84 Å². The van der Waals surface area contributed by atoms with Crippen molar-refractivity contribution in [3.63, 3.8) is 0 Å². The molecule has 1 rings (SSSR count). The minimum atomic E-state index is -0.968. The molecule has 1 heterocycles. The first-order chi connectivity index (χ1) is 6.15. The minimum Gasteiger partial charge on any atom is -0.279 e. The van der Waals surface area contributed by atoms with E-state index in [9.17, 15) is 9.70 Å². The molecule has 68 valence electrons. The molecular formula is C6H2Cl2N2O3. The van der Waals surface area contributed by atoms with Crippen molar-refractivity contribution in [2.45, 2.75) is 0 Å². The van der Waals surface area contributed by atoms with Crippen LogP contribution < -0.4 is 0 Å². The van der Waals surface area contributed by atoms with Gasteiger partial charge in [-0.25, -0.2) is 9.78 Å². The van der Waals surface area contributed by atoms with Crippen LogP contribution in [0.15, 0.2) is 17.5 Å². The summed E-state index contributed by atoms with van der Waals surface area (Å²) in [5.74, 6) is -0.968. The van der Waals surface area contributed by atoms with E-state index in [4.69, 9.17) is 23.2 Å². The van der Waals surface area contributed by atoms with Crippen molar-refractivity contribution in [2.75, 3.05) is 0 Å². The third kappa shape index (κ3) is 2.37. The highest BCUT2D eigenvalue weighted by Crippen LogP contribution is 2.17. The Balaban J connectivity index is 3.01. The van der Waals surface area contributed by atoms with Crippen LogP contribution >= 0.6 is 23.2 Å². The van der Waals surface area contributed by atoms with Gasteiger partial charge in [-0.2, -0.15) is 0 Å². The molecule has 0 amide bonds. The quantitative estimate of drug-likeness (QED) is 0.436. The summed E-state index contributed by atoms with van der Waals surface area (Å²) in [6.45, 7) is 0. The van der Waals surface area contributed by atoms with Crippen LogP contribution in [0.25, 0.3) is 0 Å². The average molecular weight is 221 g/mol. The van der Waals surface area contributed by atoms with Crippen LogP contribution in [0, 0.1) is 4.91 Å². The molecule has 7 heteroatoms. The van der Waals surface area contributed by atoms with Gasteiger partial charge in [-0.1, -0.05) is 23.2 Å². The second-order valence-electron chi connectivity index (χ2n) is 1.93. The van der Waals surface area contributed by atoms with E-state index < -0.39 is 5.97 Å². The highest BCUT2D eigenvalue weighted by Gasteiger charge is 2.13. The van der Waals surface area contributed by atoms with Gasteiger partial charge in [-0.15, -0.1) is 4.91 Å². The Labute approximate surface area is 82.5 Å². The molecule has 0 atom stereocenters. The number of hydrogen-bond acceptors (Lipinski definition) is 5. The van der Waals surface area contributed by atoms with Gasteiger partial charge < -0.3 is 0 Å². The Morgan fingerprint density at radius 3 is 2.69 bits per heavy atom. The van der Waals surface area contributed by atoms with E-state index >= 15 is 0 Å². The van der Waals surface area contributed by atoms with Crippen LogP contribution in [0.2, 0.25) is 10.3 Å². The van der Waals surface area contributed by atoms with Crippen molar-refractivity contribution < 1.29 is 9.63 Å². The predicted octanol–water partition coefficient (Wildman–Crippen LogP) is 2.23. The summed E-state index contributed by atoms with van der Waals surface area (Å²) in [4.78, 5) is 27.9. The fourth-order valence-corrected chi connectivity index (χ4v) is 1.07. The molecule has 0 N–H and O–H groups in total. The van der Waals surface area contributed by atoms with Crippen LogP contribution in [0.3, 0.4) is 0 Å². The molecule has 0 aliphatic rings. The zero-order valence-electron chi connectivity index (χ0n) is 6.03. The van der Waals surface area contributed by atoms with Crippen LogP contribution in [0.5, 0.6) is 0 Å². The van der Waals surface area contributed by atoms with Crippen molar-refractivity contribution >= 4 is 29.2 Å². The summed E-state index contributed by atoms with van der Waals surface area (Å²) in [6.07, 6.45) is 0. The summed E-state index contributed by atoms with van der Waals surface area (Å²) < 4.78 is 0. The van der Waals surface area contributed by atoms with Gasteiger partial charge in [0.25, 0.3) is 0 Å². The third-order valence-electron chi connectivity index (χ3n) is 1.15. The highest BCUT2D eigenvalue weighted by molar-refractivity contribution is 6.34. The smallest absolute Gasteiger partial charge is 0.279 e. The molecule has 1 aromatic rings. The lowest BCUT2D eigenvalue weighted by Crippen LogP contribution is -2.02. The molecule has 0 fully saturated rings. The molecule has 0 saturated carbocycles. The van der Waals surface area contributed by atoms with Crippen LogP contribution in [-0.2, 0) is 4.84 Å². The third-order valence-corrected chi connectivity index (χ3v) is 1.65. The van der Waals surface area contributed by atoms with E-state index in [2.05, 4.69) is 9.82 Å². The van der Waals surface area contributed by atoms with Crippen LogP contribution in [0.4, 0.5) is 0 Å². The van der Waals surface area contributed by atoms with Gasteiger partial charge in [0.05, 0.1) is 5.56 Å². The maximum atomic E-state index is 10.9. The minimum absolute atomic E-state index is 0.0642. The SMILES string of the molecule is O=NOC(=O)c1ccc(Cl)nc1Cl. The second-order valence-corrected chi connectivity index (χ2v) is 2.67. The summed E-state index contributed by atoms with van der Waals surface area (Å²) in [5.41, 5.74) is -0.0642. The molecule has 0 saturated heterocycles. The number of carbonyl (C=O) groups excluding carboxylic acids is 1. The first-order valence-electron chi connectivity index (χ1n) is 3.01. The van der Waals surface area contributed by atoms with E-state index in [-0.39, 0.29) is 15.9 Å². The van der Waals surface area contributed by atoms with Crippen LogP contribution in [0.1, 0.15) is 10.4 Å². The van der Waals surface area contributed by atoms with E-state index in [0.717, 1.165) is 0 Å². The Bertz CT molecular complexity index is 356. The van der Waals surface area contributed by atoms with E-state index in [1.54, 1.807) is 0 Å². The number of pyridine rings is 1. The summed E-state index contributed by atoms with van der Waals surface area (Å²) in [7, 11) is 0. The fourth-order valence-electron chi connectivity index (χ4n) is 0.647. The van der Waals surface area contributed by atoms with Crippen molar-refractivity contribution in [3.05, 3.63) is 32.9 Å². The lowest BCUT2D eigenvalue weighted by molar-refractivity contribution is 0.0508.